The molecule has 2 heterocycles. The molecule has 3 aromatic rings. The summed E-state index contributed by atoms with van der Waals surface area (Å²) in [4.78, 5) is 27.1. The number of amides is 3. The van der Waals surface area contributed by atoms with E-state index in [2.05, 4.69) is 20.8 Å². The molecule has 0 saturated carbocycles. The van der Waals surface area contributed by atoms with Crippen LogP contribution in [-0.4, -0.2) is 46.7 Å². The van der Waals surface area contributed by atoms with Crippen LogP contribution in [0.1, 0.15) is 23.2 Å². The SMILES string of the molecule is O=C(NCC1CCCN(C(=O)c2cn[nH]c2-c2ccccc2)C1)Nc1cccc(F)c1. The van der Waals surface area contributed by atoms with Crippen molar-refractivity contribution in [1.29, 1.82) is 0 Å². The van der Waals surface area contributed by atoms with Crippen molar-refractivity contribution in [2.45, 2.75) is 12.8 Å². The van der Waals surface area contributed by atoms with Crippen molar-refractivity contribution in [1.82, 2.24) is 20.4 Å². The first-order valence-electron chi connectivity index (χ1n) is 10.3. The lowest BCUT2D eigenvalue weighted by atomic mass is 9.97. The topological polar surface area (TPSA) is 90.1 Å². The van der Waals surface area contributed by atoms with Gasteiger partial charge in [0.2, 0.25) is 0 Å². The van der Waals surface area contributed by atoms with Gasteiger partial charge in [-0.15, -0.1) is 0 Å². The number of nitrogens with zero attached hydrogens (tertiary/aromatic N) is 2. The maximum Gasteiger partial charge on any atom is 0.319 e. The van der Waals surface area contributed by atoms with Crippen LogP contribution in [0.15, 0.2) is 60.8 Å². The quantitative estimate of drug-likeness (QED) is 0.584. The van der Waals surface area contributed by atoms with E-state index in [-0.39, 0.29) is 11.8 Å². The Morgan fingerprint density at radius 3 is 2.81 bits per heavy atom. The Morgan fingerprint density at radius 2 is 2.00 bits per heavy atom. The molecule has 31 heavy (non-hydrogen) atoms. The summed E-state index contributed by atoms with van der Waals surface area (Å²) in [5.41, 5.74) is 2.56. The second kappa shape index (κ2) is 9.42. The van der Waals surface area contributed by atoms with Gasteiger partial charge in [-0.3, -0.25) is 9.89 Å². The zero-order valence-corrected chi connectivity index (χ0v) is 17.0. The predicted molar refractivity (Wildman–Crippen MR) is 116 cm³/mol. The van der Waals surface area contributed by atoms with Crippen LogP contribution in [0.3, 0.4) is 0 Å². The number of benzene rings is 2. The molecule has 1 saturated heterocycles. The van der Waals surface area contributed by atoms with Gasteiger partial charge in [-0.1, -0.05) is 36.4 Å². The number of rotatable bonds is 5. The average Bonchev–Trinajstić information content (AvgIpc) is 3.28. The highest BCUT2D eigenvalue weighted by molar-refractivity contribution is 5.99. The number of H-pyrrole nitrogens is 1. The normalized spacial score (nSPS) is 16.0. The molecule has 0 bridgehead atoms. The zero-order valence-electron chi connectivity index (χ0n) is 17.0. The highest BCUT2D eigenvalue weighted by Crippen LogP contribution is 2.24. The van der Waals surface area contributed by atoms with Crippen molar-refractivity contribution >= 4 is 17.6 Å². The van der Waals surface area contributed by atoms with Crippen LogP contribution >= 0.6 is 0 Å². The van der Waals surface area contributed by atoms with E-state index >= 15 is 0 Å². The summed E-state index contributed by atoms with van der Waals surface area (Å²) >= 11 is 0. The summed E-state index contributed by atoms with van der Waals surface area (Å²) in [6.45, 7) is 1.66. The zero-order chi connectivity index (χ0) is 21.6. The number of aromatic amines is 1. The fourth-order valence-corrected chi connectivity index (χ4v) is 3.84. The molecular formula is C23H24FN5O2. The molecule has 1 aliphatic heterocycles. The molecule has 1 atom stereocenters. The standard InChI is InChI=1S/C23H24FN5O2/c24-18-9-4-10-19(12-18)27-23(31)25-13-16-6-5-11-29(15-16)22(30)20-14-26-28-21(20)17-7-2-1-3-8-17/h1-4,7-10,12,14,16H,5-6,11,13,15H2,(H,26,28)(H2,25,27,31). The second-order valence-corrected chi connectivity index (χ2v) is 7.63. The van der Waals surface area contributed by atoms with Crippen molar-refractivity contribution in [3.8, 4) is 11.3 Å². The van der Waals surface area contributed by atoms with Crippen LogP contribution in [0.4, 0.5) is 14.9 Å². The highest BCUT2D eigenvalue weighted by atomic mass is 19.1. The van der Waals surface area contributed by atoms with Gasteiger partial charge >= 0.3 is 6.03 Å². The Morgan fingerprint density at radius 1 is 1.16 bits per heavy atom. The van der Waals surface area contributed by atoms with Gasteiger partial charge in [-0.25, -0.2) is 9.18 Å². The Balaban J connectivity index is 1.34. The Bertz CT molecular complexity index is 1050. The van der Waals surface area contributed by atoms with E-state index < -0.39 is 11.8 Å². The Kier molecular flexibility index (Phi) is 6.26. The molecule has 1 unspecified atom stereocenters. The maximum absolute atomic E-state index is 13.3. The number of piperidine rings is 1. The molecule has 160 valence electrons. The number of hydrogen-bond donors (Lipinski definition) is 3. The minimum atomic E-state index is -0.409. The number of likely N-dealkylation sites (tertiary alicyclic amines) is 1. The fraction of sp³-hybridized carbons (Fsp3) is 0.261. The summed E-state index contributed by atoms with van der Waals surface area (Å²) in [6, 6.07) is 15.0. The summed E-state index contributed by atoms with van der Waals surface area (Å²) in [7, 11) is 0. The third kappa shape index (κ3) is 5.09. The minimum Gasteiger partial charge on any atom is -0.338 e. The van der Waals surface area contributed by atoms with E-state index in [1.807, 2.05) is 35.2 Å². The lowest BCUT2D eigenvalue weighted by Gasteiger charge is -2.33. The first kappa shape index (κ1) is 20.6. The number of urea groups is 1. The molecule has 7 nitrogen and oxygen atoms in total. The molecule has 1 aromatic heterocycles. The summed E-state index contributed by atoms with van der Waals surface area (Å²) < 4.78 is 13.3. The first-order valence-corrected chi connectivity index (χ1v) is 10.3. The number of carbonyl (C=O) groups excluding carboxylic acids is 2. The van der Waals surface area contributed by atoms with Gasteiger partial charge in [0, 0.05) is 30.9 Å². The van der Waals surface area contributed by atoms with Gasteiger partial charge in [-0.2, -0.15) is 5.10 Å². The van der Waals surface area contributed by atoms with E-state index in [4.69, 9.17) is 0 Å². The molecule has 0 radical (unpaired) electrons. The second-order valence-electron chi connectivity index (χ2n) is 7.63. The van der Waals surface area contributed by atoms with Gasteiger partial charge in [0.15, 0.2) is 0 Å². The molecular weight excluding hydrogens is 397 g/mol. The van der Waals surface area contributed by atoms with E-state index in [1.54, 1.807) is 12.3 Å². The molecule has 3 amide bonds. The fourth-order valence-electron chi connectivity index (χ4n) is 3.84. The van der Waals surface area contributed by atoms with Crippen LogP contribution in [0.5, 0.6) is 0 Å². The Labute approximate surface area is 179 Å². The maximum atomic E-state index is 13.3. The van der Waals surface area contributed by atoms with E-state index in [0.717, 1.165) is 18.4 Å². The largest absolute Gasteiger partial charge is 0.338 e. The van der Waals surface area contributed by atoms with Crippen molar-refractivity contribution in [2.24, 2.45) is 5.92 Å². The van der Waals surface area contributed by atoms with Gasteiger partial charge in [0.05, 0.1) is 17.5 Å². The van der Waals surface area contributed by atoms with Crippen molar-refractivity contribution in [3.05, 3.63) is 72.2 Å². The lowest BCUT2D eigenvalue weighted by molar-refractivity contribution is 0.0676. The number of carbonyl (C=O) groups is 2. The molecule has 0 aliphatic carbocycles. The predicted octanol–water partition coefficient (Wildman–Crippen LogP) is 3.89. The van der Waals surface area contributed by atoms with Crippen molar-refractivity contribution in [2.75, 3.05) is 25.0 Å². The van der Waals surface area contributed by atoms with Crippen LogP contribution in [0.25, 0.3) is 11.3 Å². The smallest absolute Gasteiger partial charge is 0.319 e. The molecule has 8 heteroatoms. The molecule has 3 N–H and O–H groups in total. The molecule has 4 rings (SSSR count). The lowest BCUT2D eigenvalue weighted by Crippen LogP contribution is -2.44. The monoisotopic (exact) mass is 421 g/mol. The molecule has 1 fully saturated rings. The highest BCUT2D eigenvalue weighted by Gasteiger charge is 2.27. The minimum absolute atomic E-state index is 0.0680. The van der Waals surface area contributed by atoms with E-state index in [1.165, 1.54) is 18.2 Å². The van der Waals surface area contributed by atoms with Crippen LogP contribution in [-0.2, 0) is 0 Å². The number of hydrogen-bond acceptors (Lipinski definition) is 3. The van der Waals surface area contributed by atoms with Crippen LogP contribution in [0.2, 0.25) is 0 Å². The third-order valence-corrected chi connectivity index (χ3v) is 5.37. The third-order valence-electron chi connectivity index (χ3n) is 5.37. The first-order chi connectivity index (χ1) is 15.1. The van der Waals surface area contributed by atoms with Gasteiger partial charge in [0.1, 0.15) is 5.82 Å². The van der Waals surface area contributed by atoms with Crippen LogP contribution in [0, 0.1) is 11.7 Å². The molecule has 0 spiro atoms. The van der Waals surface area contributed by atoms with Crippen LogP contribution < -0.4 is 10.6 Å². The number of aromatic nitrogens is 2. The van der Waals surface area contributed by atoms with Crippen molar-refractivity contribution in [3.63, 3.8) is 0 Å². The van der Waals surface area contributed by atoms with Gasteiger partial charge < -0.3 is 15.5 Å². The number of nitrogens with one attached hydrogen (secondary N) is 3. The van der Waals surface area contributed by atoms with Gasteiger partial charge in [0.25, 0.3) is 5.91 Å². The summed E-state index contributed by atoms with van der Waals surface area (Å²) in [6.07, 6.45) is 3.35. The average molecular weight is 421 g/mol. The van der Waals surface area contributed by atoms with Gasteiger partial charge in [-0.05, 0) is 37.0 Å². The number of halogens is 1. The van der Waals surface area contributed by atoms with E-state index in [0.29, 0.717) is 36.6 Å². The number of anilines is 1. The molecule has 2 aromatic carbocycles. The summed E-state index contributed by atoms with van der Waals surface area (Å²) in [5.74, 6) is -0.335. The van der Waals surface area contributed by atoms with E-state index in [9.17, 15) is 14.0 Å². The molecule has 1 aliphatic rings. The Hall–Kier alpha value is -3.68. The summed E-state index contributed by atoms with van der Waals surface area (Å²) in [5, 5.41) is 12.4. The van der Waals surface area contributed by atoms with Crippen molar-refractivity contribution < 1.29 is 14.0 Å².